The molecule has 0 aliphatic heterocycles. The SMILES string of the molecule is FC(F)(F)C(F)(C(F)(F)F)C1(F)C(F)(F)C(F)(F)C(F)(F)C2(F)C(F)(F)C(F)(F)C(F)(F)C(F)(F)C21F. The van der Waals surface area contributed by atoms with Gasteiger partial charge in [0.15, 0.2) is 0 Å². The monoisotopic (exact) mass is 612 g/mol. The van der Waals surface area contributed by atoms with E-state index in [9.17, 15) is 96.6 Å². The van der Waals surface area contributed by atoms with Gasteiger partial charge in [-0.2, -0.15) is 87.8 Å². The van der Waals surface area contributed by atoms with E-state index < -0.39 is 76.5 Å². The van der Waals surface area contributed by atoms with Gasteiger partial charge in [0.25, 0.3) is 17.0 Å². The van der Waals surface area contributed by atoms with Gasteiger partial charge in [0.2, 0.25) is 0 Å². The van der Waals surface area contributed by atoms with Crippen LogP contribution in [0.1, 0.15) is 0 Å². The van der Waals surface area contributed by atoms with Crippen LogP contribution in [-0.4, -0.2) is 76.5 Å². The van der Waals surface area contributed by atoms with Crippen LogP contribution >= 0.6 is 0 Å². The molecule has 0 amide bonds. The van der Waals surface area contributed by atoms with Crippen molar-refractivity contribution in [3.8, 4) is 0 Å². The van der Waals surface area contributed by atoms with Crippen molar-refractivity contribution in [3.05, 3.63) is 0 Å². The summed E-state index contributed by atoms with van der Waals surface area (Å²) in [5.41, 5.74) is -39.3. The second kappa shape index (κ2) is 6.54. The summed E-state index contributed by atoms with van der Waals surface area (Å²) < 4.78 is 330. The van der Waals surface area contributed by atoms with E-state index in [0.717, 1.165) is 0 Å². The molecular formula is C13F24. The molecule has 3 atom stereocenters. The van der Waals surface area contributed by atoms with Crippen LogP contribution in [0, 0.1) is 0 Å². The Kier molecular flexibility index (Phi) is 5.58. The van der Waals surface area contributed by atoms with Crippen LogP contribution in [-0.2, 0) is 0 Å². The summed E-state index contributed by atoms with van der Waals surface area (Å²) in [4.78, 5) is 0. The molecule has 0 heterocycles. The van der Waals surface area contributed by atoms with Gasteiger partial charge >= 0.3 is 59.5 Å². The summed E-state index contributed by atoms with van der Waals surface area (Å²) in [6.45, 7) is 0. The highest BCUT2D eigenvalue weighted by atomic mass is 19.4. The van der Waals surface area contributed by atoms with Gasteiger partial charge in [-0.05, 0) is 0 Å². The predicted molar refractivity (Wildman–Crippen MR) is 62.1 cm³/mol. The molecule has 2 aliphatic carbocycles. The van der Waals surface area contributed by atoms with Gasteiger partial charge in [0, 0.05) is 0 Å². The van der Waals surface area contributed by atoms with Crippen molar-refractivity contribution < 1.29 is 105 Å². The van der Waals surface area contributed by atoms with Gasteiger partial charge in [0.05, 0.1) is 0 Å². The fraction of sp³-hybridized carbons (Fsp3) is 1.00. The van der Waals surface area contributed by atoms with Crippen LogP contribution in [0.25, 0.3) is 0 Å². The largest absolute Gasteiger partial charge is 0.435 e. The maximum Gasteiger partial charge on any atom is 0.435 e. The minimum atomic E-state index is -10.1. The highest BCUT2D eigenvalue weighted by Crippen LogP contribution is 2.83. The maximum atomic E-state index is 15.1. The smallest absolute Gasteiger partial charge is 0.229 e. The van der Waals surface area contributed by atoms with E-state index in [2.05, 4.69) is 0 Å². The summed E-state index contributed by atoms with van der Waals surface area (Å²) in [7, 11) is 0. The van der Waals surface area contributed by atoms with Crippen molar-refractivity contribution in [1.82, 2.24) is 0 Å². The molecule has 24 heteroatoms. The number of fused-ring (bicyclic) bond motifs is 1. The molecule has 2 fully saturated rings. The minimum Gasteiger partial charge on any atom is -0.229 e. The molecule has 0 spiro atoms. The van der Waals surface area contributed by atoms with E-state index in [1.165, 1.54) is 0 Å². The van der Waals surface area contributed by atoms with Gasteiger partial charge in [0.1, 0.15) is 0 Å². The number of rotatable bonds is 1. The van der Waals surface area contributed by atoms with Gasteiger partial charge < -0.3 is 0 Å². The molecule has 0 bridgehead atoms. The molecule has 0 aromatic rings. The fourth-order valence-electron chi connectivity index (χ4n) is 3.98. The van der Waals surface area contributed by atoms with Crippen LogP contribution in [0.15, 0.2) is 0 Å². The molecule has 2 rings (SSSR count). The zero-order chi connectivity index (χ0) is 30.5. The van der Waals surface area contributed by atoms with Crippen LogP contribution < -0.4 is 0 Å². The third kappa shape index (κ3) is 2.32. The standard InChI is InChI=1S/C13F24/c14-1-2(15,4(17,12(32,33)34)13(35,36)37)6(20,21)9(26,27)7(22,23)3(1,16)8(24,25)11(30,31)10(28,29)5(1,18)19. The Labute approximate surface area is 183 Å². The fourth-order valence-corrected chi connectivity index (χ4v) is 3.98. The first-order chi connectivity index (χ1) is 15.5. The normalized spacial score (nSPS) is 39.6. The minimum absolute atomic E-state index is 8.81. The Balaban J connectivity index is 3.55. The summed E-state index contributed by atoms with van der Waals surface area (Å²) in [6, 6.07) is 0. The molecule has 0 nitrogen and oxygen atoms in total. The van der Waals surface area contributed by atoms with E-state index >= 15 is 8.78 Å². The molecule has 0 saturated heterocycles. The number of hydrogen-bond acceptors (Lipinski definition) is 0. The lowest BCUT2D eigenvalue weighted by atomic mass is 9.47. The van der Waals surface area contributed by atoms with Crippen molar-refractivity contribution in [3.63, 3.8) is 0 Å². The average Bonchev–Trinajstić information content (AvgIpc) is 2.66. The van der Waals surface area contributed by atoms with Crippen molar-refractivity contribution in [2.24, 2.45) is 0 Å². The van der Waals surface area contributed by atoms with Gasteiger partial charge in [-0.25, -0.2) is 17.6 Å². The molecule has 2 aliphatic rings. The van der Waals surface area contributed by atoms with Crippen LogP contribution in [0.4, 0.5) is 105 Å². The van der Waals surface area contributed by atoms with Crippen molar-refractivity contribution in [1.29, 1.82) is 0 Å². The first-order valence-electron chi connectivity index (χ1n) is 8.04. The average molecular weight is 612 g/mol. The zero-order valence-electron chi connectivity index (χ0n) is 15.6. The van der Waals surface area contributed by atoms with E-state index in [1.807, 2.05) is 0 Å². The molecule has 0 N–H and O–H groups in total. The number of hydrogen-bond donors (Lipinski definition) is 0. The van der Waals surface area contributed by atoms with Gasteiger partial charge in [-0.15, -0.1) is 0 Å². The van der Waals surface area contributed by atoms with E-state index in [1.54, 1.807) is 0 Å². The molecule has 0 aromatic heterocycles. The maximum absolute atomic E-state index is 15.1. The first-order valence-corrected chi connectivity index (χ1v) is 8.04. The summed E-state index contributed by atoms with van der Waals surface area (Å²) in [6.07, 6.45) is -18.1. The quantitative estimate of drug-likeness (QED) is 0.271. The third-order valence-electron chi connectivity index (χ3n) is 5.91. The van der Waals surface area contributed by atoms with Gasteiger partial charge in [-0.3, -0.25) is 0 Å². The Morgan fingerprint density at radius 3 is 0.730 bits per heavy atom. The van der Waals surface area contributed by atoms with Gasteiger partial charge in [-0.1, -0.05) is 0 Å². The van der Waals surface area contributed by atoms with E-state index in [-0.39, 0.29) is 0 Å². The highest BCUT2D eigenvalue weighted by Gasteiger charge is 3.18. The zero-order valence-corrected chi connectivity index (χ0v) is 15.6. The lowest BCUT2D eigenvalue weighted by Gasteiger charge is -2.66. The number of halogens is 24. The first kappa shape index (κ1) is 31.5. The molecule has 37 heavy (non-hydrogen) atoms. The Morgan fingerprint density at radius 2 is 0.486 bits per heavy atom. The molecule has 0 aromatic carbocycles. The van der Waals surface area contributed by atoms with Crippen LogP contribution in [0.3, 0.4) is 0 Å². The molecule has 2 saturated carbocycles. The third-order valence-corrected chi connectivity index (χ3v) is 5.91. The molecular weight excluding hydrogens is 612 g/mol. The van der Waals surface area contributed by atoms with E-state index in [0.29, 0.717) is 0 Å². The van der Waals surface area contributed by atoms with Crippen molar-refractivity contribution >= 4 is 0 Å². The summed E-state index contributed by atoms with van der Waals surface area (Å²) >= 11 is 0. The Morgan fingerprint density at radius 1 is 0.270 bits per heavy atom. The van der Waals surface area contributed by atoms with Crippen molar-refractivity contribution in [2.45, 2.75) is 76.5 Å². The highest BCUT2D eigenvalue weighted by molar-refractivity contribution is 5.47. The lowest BCUT2D eigenvalue weighted by molar-refractivity contribution is -0.568. The second-order valence-corrected chi connectivity index (χ2v) is 7.65. The van der Waals surface area contributed by atoms with E-state index in [4.69, 9.17) is 0 Å². The molecule has 220 valence electrons. The second-order valence-electron chi connectivity index (χ2n) is 7.65. The number of alkyl halides is 24. The molecule has 3 unspecified atom stereocenters. The predicted octanol–water partition coefficient (Wildman–Crippen LogP) is 7.42. The summed E-state index contributed by atoms with van der Waals surface area (Å²) in [5.74, 6) is -64.4. The van der Waals surface area contributed by atoms with Crippen LogP contribution in [0.5, 0.6) is 0 Å². The topological polar surface area (TPSA) is 0 Å². The lowest BCUT2D eigenvalue weighted by Crippen LogP contribution is -3.02. The van der Waals surface area contributed by atoms with Crippen molar-refractivity contribution in [2.75, 3.05) is 0 Å². The molecule has 0 radical (unpaired) electrons. The Hall–Kier alpha value is -1.68. The summed E-state index contributed by atoms with van der Waals surface area (Å²) in [5, 5.41) is 0. The Bertz CT molecular complexity index is 942. The van der Waals surface area contributed by atoms with Crippen LogP contribution in [0.2, 0.25) is 0 Å².